The minimum atomic E-state index is 0.250. The van der Waals surface area contributed by atoms with Gasteiger partial charge < -0.3 is 5.32 Å². The Hall–Kier alpha value is 0.130. The lowest BCUT2D eigenvalue weighted by Gasteiger charge is -2.11. The van der Waals surface area contributed by atoms with E-state index in [1.165, 1.54) is 0 Å². The van der Waals surface area contributed by atoms with Crippen LogP contribution in [0.15, 0.2) is 12.3 Å². The van der Waals surface area contributed by atoms with Crippen LogP contribution in [0.5, 0.6) is 0 Å². The summed E-state index contributed by atoms with van der Waals surface area (Å²) in [5.74, 6) is 0. The van der Waals surface area contributed by atoms with Gasteiger partial charge in [0, 0.05) is 21.4 Å². The minimum absolute atomic E-state index is 0.250. The molecule has 0 radical (unpaired) electrons. The molecule has 1 atom stereocenters. The lowest BCUT2D eigenvalue weighted by molar-refractivity contribution is 0.649. The minimum Gasteiger partial charge on any atom is -0.313 e. The molecule has 1 rings (SSSR count). The number of rotatable bonds is 2. The highest BCUT2D eigenvalue weighted by molar-refractivity contribution is 14.1. The molecule has 0 aliphatic rings. The summed E-state index contributed by atoms with van der Waals surface area (Å²) in [6.07, 6.45) is 1.76. The lowest BCUT2D eigenvalue weighted by atomic mass is 10.1. The van der Waals surface area contributed by atoms with E-state index in [0.29, 0.717) is 5.15 Å². The summed E-state index contributed by atoms with van der Waals surface area (Å²) in [5, 5.41) is 3.70. The Balaban J connectivity index is 3.04. The van der Waals surface area contributed by atoms with Crippen molar-refractivity contribution >= 4 is 34.2 Å². The third-order valence-corrected chi connectivity index (χ3v) is 2.64. The van der Waals surface area contributed by atoms with Crippen molar-refractivity contribution in [3.05, 3.63) is 26.5 Å². The molecule has 2 nitrogen and oxygen atoms in total. The van der Waals surface area contributed by atoms with Gasteiger partial charge >= 0.3 is 0 Å². The summed E-state index contributed by atoms with van der Waals surface area (Å²) in [6.45, 7) is 2.05. The highest BCUT2D eigenvalue weighted by Gasteiger charge is 2.08. The van der Waals surface area contributed by atoms with Gasteiger partial charge in [-0.1, -0.05) is 11.6 Å². The largest absolute Gasteiger partial charge is 0.313 e. The number of pyridine rings is 1. The monoisotopic (exact) mass is 296 g/mol. The van der Waals surface area contributed by atoms with Crippen molar-refractivity contribution in [3.63, 3.8) is 0 Å². The topological polar surface area (TPSA) is 24.9 Å². The van der Waals surface area contributed by atoms with Gasteiger partial charge in [-0.2, -0.15) is 0 Å². The maximum atomic E-state index is 5.92. The molecule has 0 aromatic carbocycles. The van der Waals surface area contributed by atoms with Gasteiger partial charge in [0.05, 0.1) is 0 Å². The normalized spacial score (nSPS) is 13.0. The average molecular weight is 297 g/mol. The smallest absolute Gasteiger partial charge is 0.133 e. The van der Waals surface area contributed by atoms with E-state index in [0.717, 1.165) is 9.13 Å². The SMILES string of the molecule is CN[C@@H](C)c1cc(I)cnc1Cl. The first-order chi connectivity index (χ1) is 5.65. The van der Waals surface area contributed by atoms with Crippen LogP contribution in [-0.2, 0) is 0 Å². The average Bonchev–Trinajstić information content (AvgIpc) is 2.08. The predicted octanol–water partition coefficient (Wildman–Crippen LogP) is 2.62. The zero-order valence-corrected chi connectivity index (χ0v) is 9.85. The molecule has 0 saturated heterocycles. The van der Waals surface area contributed by atoms with Gasteiger partial charge in [0.25, 0.3) is 0 Å². The maximum absolute atomic E-state index is 5.92. The van der Waals surface area contributed by atoms with E-state index in [-0.39, 0.29) is 6.04 Å². The summed E-state index contributed by atoms with van der Waals surface area (Å²) in [6, 6.07) is 2.29. The Morgan fingerprint density at radius 3 is 2.92 bits per heavy atom. The van der Waals surface area contributed by atoms with Gasteiger partial charge in [0.2, 0.25) is 0 Å². The Morgan fingerprint density at radius 2 is 2.33 bits per heavy atom. The highest BCUT2D eigenvalue weighted by Crippen LogP contribution is 2.21. The van der Waals surface area contributed by atoms with Crippen LogP contribution in [0, 0.1) is 3.57 Å². The first kappa shape index (κ1) is 10.2. The highest BCUT2D eigenvalue weighted by atomic mass is 127. The molecule has 0 aliphatic carbocycles. The quantitative estimate of drug-likeness (QED) is 0.670. The Kier molecular flexibility index (Phi) is 3.74. The molecule has 4 heteroatoms. The van der Waals surface area contributed by atoms with Crippen molar-refractivity contribution in [2.75, 3.05) is 7.05 Å². The van der Waals surface area contributed by atoms with Gasteiger partial charge in [-0.3, -0.25) is 0 Å². The van der Waals surface area contributed by atoms with Crippen molar-refractivity contribution in [1.82, 2.24) is 10.3 Å². The van der Waals surface area contributed by atoms with Crippen molar-refractivity contribution in [2.45, 2.75) is 13.0 Å². The molecule has 0 unspecified atom stereocenters. The molecule has 0 amide bonds. The fourth-order valence-electron chi connectivity index (χ4n) is 0.897. The van der Waals surface area contributed by atoms with E-state index in [9.17, 15) is 0 Å². The fourth-order valence-corrected chi connectivity index (χ4v) is 1.64. The molecule has 12 heavy (non-hydrogen) atoms. The van der Waals surface area contributed by atoms with Crippen LogP contribution in [0.25, 0.3) is 0 Å². The van der Waals surface area contributed by atoms with Crippen molar-refractivity contribution in [3.8, 4) is 0 Å². The van der Waals surface area contributed by atoms with Gasteiger partial charge in [-0.25, -0.2) is 4.98 Å². The molecule has 1 heterocycles. The summed E-state index contributed by atoms with van der Waals surface area (Å²) < 4.78 is 1.11. The lowest BCUT2D eigenvalue weighted by Crippen LogP contribution is -2.13. The third kappa shape index (κ3) is 2.31. The van der Waals surface area contributed by atoms with Crippen LogP contribution in [0.4, 0.5) is 0 Å². The number of nitrogens with one attached hydrogen (secondary N) is 1. The van der Waals surface area contributed by atoms with E-state index in [1.54, 1.807) is 6.20 Å². The summed E-state index contributed by atoms with van der Waals surface area (Å²) in [5.41, 5.74) is 1.05. The Morgan fingerprint density at radius 1 is 1.67 bits per heavy atom. The maximum Gasteiger partial charge on any atom is 0.133 e. The summed E-state index contributed by atoms with van der Waals surface area (Å²) >= 11 is 8.14. The van der Waals surface area contributed by atoms with Gasteiger partial charge in [-0.15, -0.1) is 0 Å². The van der Waals surface area contributed by atoms with E-state index < -0.39 is 0 Å². The van der Waals surface area contributed by atoms with E-state index in [4.69, 9.17) is 11.6 Å². The van der Waals surface area contributed by atoms with Crippen LogP contribution >= 0.6 is 34.2 Å². The Bertz CT molecular complexity index is 278. The standard InChI is InChI=1S/C8H10ClIN2/c1-5(11-2)7-3-6(10)4-12-8(7)9/h3-5,11H,1-2H3/t5-/m0/s1. The molecule has 0 saturated carbocycles. The number of nitrogens with zero attached hydrogens (tertiary/aromatic N) is 1. The Labute approximate surface area is 90.9 Å². The van der Waals surface area contributed by atoms with Gasteiger partial charge in [0.15, 0.2) is 0 Å². The first-order valence-electron chi connectivity index (χ1n) is 3.63. The molecule has 0 spiro atoms. The predicted molar refractivity (Wildman–Crippen MR) is 59.4 cm³/mol. The second kappa shape index (κ2) is 4.39. The fraction of sp³-hybridized carbons (Fsp3) is 0.375. The van der Waals surface area contributed by atoms with Gasteiger partial charge in [0.1, 0.15) is 5.15 Å². The van der Waals surface area contributed by atoms with Crippen molar-refractivity contribution < 1.29 is 0 Å². The van der Waals surface area contributed by atoms with Crippen LogP contribution < -0.4 is 5.32 Å². The third-order valence-electron chi connectivity index (χ3n) is 1.73. The molecule has 1 aromatic heterocycles. The molecule has 66 valence electrons. The van der Waals surface area contributed by atoms with Crippen LogP contribution in [-0.4, -0.2) is 12.0 Å². The van der Waals surface area contributed by atoms with Gasteiger partial charge in [-0.05, 0) is 42.6 Å². The van der Waals surface area contributed by atoms with E-state index in [2.05, 4.69) is 39.8 Å². The van der Waals surface area contributed by atoms with Crippen molar-refractivity contribution in [2.24, 2.45) is 0 Å². The first-order valence-corrected chi connectivity index (χ1v) is 5.09. The molecule has 0 fully saturated rings. The van der Waals surface area contributed by atoms with Crippen molar-refractivity contribution in [1.29, 1.82) is 0 Å². The molecule has 1 aromatic rings. The zero-order valence-electron chi connectivity index (χ0n) is 6.94. The summed E-state index contributed by atoms with van der Waals surface area (Å²) in [7, 11) is 1.90. The second-order valence-corrected chi connectivity index (χ2v) is 4.15. The van der Waals surface area contributed by atoms with E-state index in [1.807, 2.05) is 13.1 Å². The van der Waals surface area contributed by atoms with E-state index >= 15 is 0 Å². The number of aromatic nitrogens is 1. The molecule has 1 N–H and O–H groups in total. The number of hydrogen-bond donors (Lipinski definition) is 1. The summed E-state index contributed by atoms with van der Waals surface area (Å²) in [4.78, 5) is 4.07. The second-order valence-electron chi connectivity index (χ2n) is 2.54. The molecular weight excluding hydrogens is 286 g/mol. The van der Waals surface area contributed by atoms with Crippen LogP contribution in [0.2, 0.25) is 5.15 Å². The molecule has 0 bridgehead atoms. The van der Waals surface area contributed by atoms with Crippen LogP contribution in [0.3, 0.4) is 0 Å². The number of hydrogen-bond acceptors (Lipinski definition) is 2. The molecular formula is C8H10ClIN2. The molecule has 0 aliphatic heterocycles. The number of halogens is 2. The van der Waals surface area contributed by atoms with Crippen LogP contribution in [0.1, 0.15) is 18.5 Å². The zero-order chi connectivity index (χ0) is 9.14.